The molecular weight excluding hydrogens is 280 g/mol. The molecule has 0 N–H and O–H groups in total. The zero-order valence-electron chi connectivity index (χ0n) is 13.4. The molecule has 0 heterocycles. The van der Waals surface area contributed by atoms with E-state index in [4.69, 9.17) is 0 Å². The van der Waals surface area contributed by atoms with Crippen LogP contribution in [0, 0.1) is 0 Å². The maximum atomic E-state index is 2.70. The van der Waals surface area contributed by atoms with E-state index in [1.165, 1.54) is 0 Å². The number of hydrogen-bond donors (Lipinski definition) is 0. The van der Waals surface area contributed by atoms with Crippen molar-refractivity contribution in [3.63, 3.8) is 0 Å². The highest BCUT2D eigenvalue weighted by molar-refractivity contribution is 7.81. The third-order valence-electron chi connectivity index (χ3n) is 5.87. The van der Waals surface area contributed by atoms with Crippen LogP contribution in [0.2, 0.25) is 52.4 Å². The maximum absolute atomic E-state index is 2.70. The molecule has 0 aromatic heterocycles. The van der Waals surface area contributed by atoms with E-state index in [1.54, 1.807) is 5.19 Å². The topological polar surface area (TPSA) is 0 Å². The van der Waals surface area contributed by atoms with Crippen LogP contribution in [-0.2, 0) is 0 Å². The molecule has 0 aliphatic heterocycles. The number of benzene rings is 1. The van der Waals surface area contributed by atoms with Gasteiger partial charge in [0.15, 0.2) is 0 Å². The van der Waals surface area contributed by atoms with Crippen LogP contribution in [-0.4, -0.2) is 30.1 Å². The van der Waals surface area contributed by atoms with E-state index in [-0.39, 0.29) is 8.31 Å². The molecule has 1 radical (unpaired) electrons. The Kier molecular flexibility index (Phi) is 4.69. The molecular formula is C14H29Si4. The van der Waals surface area contributed by atoms with Gasteiger partial charge in [0.05, 0.1) is 7.59 Å². The molecule has 0 atom stereocenters. The van der Waals surface area contributed by atoms with Gasteiger partial charge in [0.25, 0.3) is 0 Å². The van der Waals surface area contributed by atoms with Gasteiger partial charge in [0.1, 0.15) is 0 Å². The van der Waals surface area contributed by atoms with Crippen LogP contribution in [0.5, 0.6) is 0 Å². The zero-order chi connectivity index (χ0) is 14.2. The molecule has 0 aliphatic carbocycles. The standard InChI is InChI=1S/C14H29Si4/c1-15(2)17(5,6)18(7,8)16(3,4)14-12-10-9-11-13-14/h9-13H,1-8H3. The molecule has 1 aromatic rings. The van der Waals surface area contributed by atoms with Crippen LogP contribution in [0.4, 0.5) is 0 Å². The summed E-state index contributed by atoms with van der Waals surface area (Å²) >= 11 is 0. The third-order valence-corrected chi connectivity index (χ3v) is 67.1. The van der Waals surface area contributed by atoms with E-state index in [2.05, 4.69) is 82.7 Å². The first kappa shape index (κ1) is 16.1. The van der Waals surface area contributed by atoms with Gasteiger partial charge in [-0.1, -0.05) is 87.9 Å². The average molecular weight is 310 g/mol. The van der Waals surface area contributed by atoms with Gasteiger partial charge < -0.3 is 0 Å². The average Bonchev–Trinajstić information content (AvgIpc) is 2.29. The predicted molar refractivity (Wildman–Crippen MR) is 96.0 cm³/mol. The molecule has 0 aliphatic rings. The quantitative estimate of drug-likeness (QED) is 0.737. The summed E-state index contributed by atoms with van der Waals surface area (Å²) in [6.07, 6.45) is 0. The van der Waals surface area contributed by atoms with Crippen molar-refractivity contribution in [3.8, 4) is 0 Å². The Morgan fingerprint density at radius 3 is 1.61 bits per heavy atom. The van der Waals surface area contributed by atoms with Crippen molar-refractivity contribution in [2.24, 2.45) is 0 Å². The first-order valence-corrected chi connectivity index (χ1v) is 21.4. The van der Waals surface area contributed by atoms with E-state index in [1.807, 2.05) is 0 Å². The summed E-state index contributed by atoms with van der Waals surface area (Å²) in [6.45, 7) is 21.2. The summed E-state index contributed by atoms with van der Waals surface area (Å²) in [7, 11) is -3.56. The molecule has 0 saturated carbocycles. The molecule has 0 spiro atoms. The van der Waals surface area contributed by atoms with E-state index < -0.39 is 21.8 Å². The van der Waals surface area contributed by atoms with Gasteiger partial charge >= 0.3 is 0 Å². The van der Waals surface area contributed by atoms with Gasteiger partial charge in [0.2, 0.25) is 0 Å². The lowest BCUT2D eigenvalue weighted by Crippen LogP contribution is -2.78. The van der Waals surface area contributed by atoms with Gasteiger partial charge in [-0.2, -0.15) is 0 Å². The molecule has 0 bridgehead atoms. The fourth-order valence-electron chi connectivity index (χ4n) is 2.62. The summed E-state index contributed by atoms with van der Waals surface area (Å²) in [5, 5.41) is 1.69. The van der Waals surface area contributed by atoms with Crippen molar-refractivity contribution >= 4 is 35.3 Å². The first-order chi connectivity index (χ1) is 8.05. The van der Waals surface area contributed by atoms with Crippen molar-refractivity contribution in [1.82, 2.24) is 0 Å². The highest BCUT2D eigenvalue weighted by atomic mass is 29.8. The molecule has 0 saturated heterocycles. The van der Waals surface area contributed by atoms with Crippen LogP contribution < -0.4 is 5.19 Å². The van der Waals surface area contributed by atoms with E-state index >= 15 is 0 Å². The fourth-order valence-corrected chi connectivity index (χ4v) is 60.1. The fraction of sp³-hybridized carbons (Fsp3) is 0.571. The second-order valence-electron chi connectivity index (χ2n) is 7.24. The molecule has 101 valence electrons. The van der Waals surface area contributed by atoms with Crippen LogP contribution in [0.15, 0.2) is 30.3 Å². The van der Waals surface area contributed by atoms with Crippen LogP contribution in [0.3, 0.4) is 0 Å². The summed E-state index contributed by atoms with van der Waals surface area (Å²) in [5.74, 6) is 0. The zero-order valence-corrected chi connectivity index (χ0v) is 17.4. The van der Waals surface area contributed by atoms with Gasteiger partial charge in [-0.05, 0) is 0 Å². The minimum absolute atomic E-state index is 0.122. The summed E-state index contributed by atoms with van der Waals surface area (Å²) < 4.78 is 0. The van der Waals surface area contributed by atoms with E-state index in [0.29, 0.717) is 0 Å². The van der Waals surface area contributed by atoms with E-state index in [9.17, 15) is 0 Å². The smallest absolute Gasteiger partial charge is 0.0711 e. The van der Waals surface area contributed by atoms with Crippen LogP contribution in [0.1, 0.15) is 0 Å². The molecule has 1 aromatic carbocycles. The van der Waals surface area contributed by atoms with Crippen LogP contribution >= 0.6 is 0 Å². The van der Waals surface area contributed by atoms with Crippen molar-refractivity contribution in [2.75, 3.05) is 0 Å². The Hall–Kier alpha value is 0.0875. The van der Waals surface area contributed by atoms with Crippen molar-refractivity contribution in [3.05, 3.63) is 30.3 Å². The molecule has 4 heteroatoms. The Morgan fingerprint density at radius 1 is 0.778 bits per heavy atom. The molecule has 0 fully saturated rings. The molecule has 0 nitrogen and oxygen atoms in total. The van der Waals surface area contributed by atoms with Crippen molar-refractivity contribution in [2.45, 2.75) is 52.4 Å². The van der Waals surface area contributed by atoms with Crippen LogP contribution in [0.25, 0.3) is 0 Å². The summed E-state index contributed by atoms with van der Waals surface area (Å²) in [5.41, 5.74) is 0. The maximum Gasteiger partial charge on any atom is 0.0711 e. The molecule has 18 heavy (non-hydrogen) atoms. The lowest BCUT2D eigenvalue weighted by atomic mass is 10.4. The number of hydrogen-bond acceptors (Lipinski definition) is 0. The summed E-state index contributed by atoms with van der Waals surface area (Å²) in [6, 6.07) is 11.4. The highest BCUT2D eigenvalue weighted by Crippen LogP contribution is 2.30. The minimum Gasteiger partial charge on any atom is -0.0735 e. The highest BCUT2D eigenvalue weighted by Gasteiger charge is 2.53. The van der Waals surface area contributed by atoms with Crippen molar-refractivity contribution < 1.29 is 0 Å². The van der Waals surface area contributed by atoms with Gasteiger partial charge in [-0.3, -0.25) is 0 Å². The Labute approximate surface area is 118 Å². The van der Waals surface area contributed by atoms with Gasteiger partial charge in [0, 0.05) is 22.5 Å². The minimum atomic E-state index is -1.28. The number of rotatable bonds is 4. The second-order valence-corrected chi connectivity index (χ2v) is 44.3. The Balaban J connectivity index is 3.27. The monoisotopic (exact) mass is 309 g/mol. The van der Waals surface area contributed by atoms with E-state index in [0.717, 1.165) is 0 Å². The second kappa shape index (κ2) is 5.23. The molecule has 0 unspecified atom stereocenters. The Morgan fingerprint density at radius 2 is 1.22 bits per heavy atom. The lowest BCUT2D eigenvalue weighted by molar-refractivity contribution is 1.70. The SMILES string of the molecule is C[Si](C)[Si](C)(C)[Si](C)(C)[Si](C)(C)c1ccccc1. The Bertz CT molecular complexity index is 394. The van der Waals surface area contributed by atoms with Gasteiger partial charge in [-0.15, -0.1) is 0 Å². The predicted octanol–water partition coefficient (Wildman–Crippen LogP) is 4.01. The van der Waals surface area contributed by atoms with Crippen molar-refractivity contribution in [1.29, 1.82) is 0 Å². The molecule has 1 rings (SSSR count). The first-order valence-electron chi connectivity index (χ1n) is 6.91. The normalized spacial score (nSPS) is 14.1. The van der Waals surface area contributed by atoms with Gasteiger partial charge in [-0.25, -0.2) is 0 Å². The largest absolute Gasteiger partial charge is 0.0735 e. The summed E-state index contributed by atoms with van der Waals surface area (Å²) in [4.78, 5) is 0. The lowest BCUT2D eigenvalue weighted by Gasteiger charge is -2.50. The third kappa shape index (κ3) is 2.52. The molecule has 0 amide bonds.